The quantitative estimate of drug-likeness (QED) is 0.0999. The minimum atomic E-state index is -0.869. The number of carbonyl (C=O) groups excluding carboxylic acids is 1. The molecule has 10 nitrogen and oxygen atoms in total. The number of benzene rings is 3. The van der Waals surface area contributed by atoms with Gasteiger partial charge in [0.25, 0.3) is 11.2 Å². The molecule has 0 radical (unpaired) electrons. The van der Waals surface area contributed by atoms with E-state index in [9.17, 15) is 19.7 Å². The molecule has 1 aliphatic rings. The molecule has 3 heterocycles. The molecule has 0 amide bonds. The molecule has 1 atom stereocenters. The summed E-state index contributed by atoms with van der Waals surface area (Å²) in [5.41, 5.74) is 3.78. The van der Waals surface area contributed by atoms with Gasteiger partial charge in [0.05, 0.1) is 34.4 Å². The third-order valence-electron chi connectivity index (χ3n) is 7.98. The molecule has 0 aliphatic carbocycles. The van der Waals surface area contributed by atoms with Gasteiger partial charge in [0, 0.05) is 51.9 Å². The van der Waals surface area contributed by atoms with E-state index in [1.165, 1.54) is 35.1 Å². The highest BCUT2D eigenvalue weighted by molar-refractivity contribution is 7.07. The van der Waals surface area contributed by atoms with Crippen molar-refractivity contribution >= 4 is 51.6 Å². The first kappa shape index (κ1) is 32.0. The van der Waals surface area contributed by atoms with Crippen LogP contribution >= 0.6 is 22.9 Å². The predicted octanol–water partition coefficient (Wildman–Crippen LogP) is 6.15. The summed E-state index contributed by atoms with van der Waals surface area (Å²) in [5, 5.41) is 12.5. The summed E-state index contributed by atoms with van der Waals surface area (Å²) in [4.78, 5) is 43.9. The van der Waals surface area contributed by atoms with E-state index in [0.717, 1.165) is 28.5 Å². The zero-order valence-electron chi connectivity index (χ0n) is 25.9. The Labute approximate surface area is 278 Å². The monoisotopic (exact) mass is 670 g/mol. The van der Waals surface area contributed by atoms with E-state index in [-0.39, 0.29) is 23.4 Å². The maximum absolute atomic E-state index is 14.4. The van der Waals surface area contributed by atoms with Crippen molar-refractivity contribution < 1.29 is 19.2 Å². The third-order valence-corrected chi connectivity index (χ3v) is 9.20. The number of ether oxygens (including phenoxy) is 2. The number of aromatic nitrogens is 2. The van der Waals surface area contributed by atoms with Crippen molar-refractivity contribution in [3.8, 4) is 5.75 Å². The fourth-order valence-electron chi connectivity index (χ4n) is 5.92. The highest BCUT2D eigenvalue weighted by Crippen LogP contribution is 2.38. The van der Waals surface area contributed by atoms with Crippen LogP contribution in [0.15, 0.2) is 94.0 Å². The average Bonchev–Trinajstić information content (AvgIpc) is 3.56. The van der Waals surface area contributed by atoms with Gasteiger partial charge in [-0.05, 0) is 49.2 Å². The number of fused-ring (bicyclic) bond motifs is 2. The number of methoxy groups -OCH3 is 1. The van der Waals surface area contributed by atoms with Crippen LogP contribution in [0.25, 0.3) is 17.0 Å². The van der Waals surface area contributed by atoms with Gasteiger partial charge >= 0.3 is 5.97 Å². The maximum Gasteiger partial charge on any atom is 0.338 e. The Morgan fingerprint density at radius 1 is 1.13 bits per heavy atom. The normalized spacial score (nSPS) is 14.6. The van der Waals surface area contributed by atoms with Gasteiger partial charge in [0.15, 0.2) is 4.80 Å². The fourth-order valence-corrected chi connectivity index (χ4v) is 7.11. The number of non-ortho nitro benzene ring substituents is 1. The number of thiazole rings is 1. The minimum Gasteiger partial charge on any atom is -0.496 e. The first-order valence-electron chi connectivity index (χ1n) is 15.1. The molecule has 0 N–H and O–H groups in total. The maximum atomic E-state index is 14.4. The molecule has 5 aromatic rings. The van der Waals surface area contributed by atoms with Crippen LogP contribution in [0.5, 0.6) is 5.75 Å². The van der Waals surface area contributed by atoms with Gasteiger partial charge in [-0.2, -0.15) is 0 Å². The standard InChI is InChI=1S/C35H31ClN4O6S/c1-4-8-27-31(34(42)46-5-2)32(26-18-23(36)13-16-29(26)45-3)39-33(41)30(47-35(39)37-27)17-22-20-38(28-10-7-6-9-25(22)28)19-21-11-14-24(15-12-21)40(43)44/h6-7,9-18,20,32H,4-5,8,19H2,1-3H3/b30-17+/t32-/m1/s1. The summed E-state index contributed by atoms with van der Waals surface area (Å²) >= 11 is 7.71. The number of nitro benzene ring substituents is 1. The second-order valence-electron chi connectivity index (χ2n) is 11.0. The van der Waals surface area contributed by atoms with E-state index in [4.69, 9.17) is 26.1 Å². The Kier molecular flexibility index (Phi) is 9.10. The van der Waals surface area contributed by atoms with Crippen molar-refractivity contribution in [3.63, 3.8) is 0 Å². The Morgan fingerprint density at radius 2 is 1.89 bits per heavy atom. The van der Waals surface area contributed by atoms with E-state index in [0.29, 0.717) is 44.3 Å². The molecule has 12 heteroatoms. The number of allylic oxidation sites excluding steroid dienone is 1. The van der Waals surface area contributed by atoms with Gasteiger partial charge in [0.1, 0.15) is 11.8 Å². The molecular formula is C35H31ClN4O6S. The SMILES string of the molecule is CCCC1=C(C(=O)OCC)[C@@H](c2cc(Cl)ccc2OC)n2c(s/c(=C/c3cn(Cc4ccc([N+](=O)[O-])cc4)c4ccccc34)c2=O)=N1. The smallest absolute Gasteiger partial charge is 0.338 e. The number of carbonyl (C=O) groups is 1. The Hall–Kier alpha value is -5.00. The van der Waals surface area contributed by atoms with Crippen LogP contribution in [0, 0.1) is 10.1 Å². The molecule has 47 heavy (non-hydrogen) atoms. The first-order chi connectivity index (χ1) is 22.7. The van der Waals surface area contributed by atoms with Crippen LogP contribution in [0.4, 0.5) is 5.69 Å². The van der Waals surface area contributed by atoms with Crippen molar-refractivity contribution in [1.29, 1.82) is 0 Å². The van der Waals surface area contributed by atoms with Crippen LogP contribution in [0.2, 0.25) is 5.02 Å². The van der Waals surface area contributed by atoms with E-state index in [1.807, 2.05) is 43.5 Å². The summed E-state index contributed by atoms with van der Waals surface area (Å²) in [6.07, 6.45) is 5.05. The summed E-state index contributed by atoms with van der Waals surface area (Å²) < 4.78 is 15.2. The minimum absolute atomic E-state index is 0.0316. The van der Waals surface area contributed by atoms with Crippen LogP contribution in [0.1, 0.15) is 49.4 Å². The zero-order chi connectivity index (χ0) is 33.2. The topological polar surface area (TPSA) is 118 Å². The largest absolute Gasteiger partial charge is 0.496 e. The van der Waals surface area contributed by atoms with Crippen molar-refractivity contribution in [2.24, 2.45) is 4.99 Å². The van der Waals surface area contributed by atoms with Crippen molar-refractivity contribution in [2.45, 2.75) is 39.3 Å². The molecule has 0 saturated heterocycles. The molecule has 0 saturated carbocycles. The van der Waals surface area contributed by atoms with Crippen LogP contribution in [-0.4, -0.2) is 33.7 Å². The van der Waals surface area contributed by atoms with Crippen LogP contribution in [-0.2, 0) is 16.1 Å². The van der Waals surface area contributed by atoms with Crippen LogP contribution < -0.4 is 19.6 Å². The Morgan fingerprint density at radius 3 is 2.60 bits per heavy atom. The van der Waals surface area contributed by atoms with E-state index >= 15 is 0 Å². The molecule has 0 bridgehead atoms. The number of hydrogen-bond acceptors (Lipinski definition) is 8. The lowest BCUT2D eigenvalue weighted by atomic mass is 9.93. The highest BCUT2D eigenvalue weighted by Gasteiger charge is 2.36. The summed E-state index contributed by atoms with van der Waals surface area (Å²) in [5.74, 6) is -0.0711. The number of para-hydroxylation sites is 1. The molecular weight excluding hydrogens is 640 g/mol. The number of hydrogen-bond donors (Lipinski definition) is 0. The number of esters is 1. The van der Waals surface area contributed by atoms with Gasteiger partial charge in [-0.25, -0.2) is 9.79 Å². The lowest BCUT2D eigenvalue weighted by molar-refractivity contribution is -0.384. The fraction of sp³-hybridized carbons (Fsp3) is 0.229. The summed E-state index contributed by atoms with van der Waals surface area (Å²) in [6, 6.07) is 18.6. The lowest BCUT2D eigenvalue weighted by Crippen LogP contribution is -2.40. The van der Waals surface area contributed by atoms with Crippen molar-refractivity contribution in [2.75, 3.05) is 13.7 Å². The summed E-state index contributed by atoms with van der Waals surface area (Å²) in [7, 11) is 1.53. The van der Waals surface area contributed by atoms with Gasteiger partial charge in [-0.15, -0.1) is 0 Å². The van der Waals surface area contributed by atoms with Crippen LogP contribution in [0.3, 0.4) is 0 Å². The second-order valence-corrected chi connectivity index (χ2v) is 12.4. The number of halogens is 1. The second kappa shape index (κ2) is 13.4. The molecule has 6 rings (SSSR count). The lowest BCUT2D eigenvalue weighted by Gasteiger charge is -2.27. The molecule has 0 spiro atoms. The Balaban J connectivity index is 1.54. The van der Waals surface area contributed by atoms with Crippen molar-refractivity contribution in [1.82, 2.24) is 9.13 Å². The van der Waals surface area contributed by atoms with Gasteiger partial charge in [0.2, 0.25) is 0 Å². The average molecular weight is 671 g/mol. The Bertz CT molecular complexity index is 2230. The van der Waals surface area contributed by atoms with Gasteiger partial charge in [-0.3, -0.25) is 19.5 Å². The van der Waals surface area contributed by atoms with Gasteiger partial charge < -0.3 is 14.0 Å². The predicted molar refractivity (Wildman–Crippen MR) is 182 cm³/mol. The molecule has 2 aromatic heterocycles. The highest BCUT2D eigenvalue weighted by atomic mass is 35.5. The van der Waals surface area contributed by atoms with E-state index in [2.05, 4.69) is 4.57 Å². The van der Waals surface area contributed by atoms with E-state index < -0.39 is 16.9 Å². The molecule has 0 unspecified atom stereocenters. The number of rotatable bonds is 10. The molecule has 3 aromatic carbocycles. The van der Waals surface area contributed by atoms with E-state index in [1.54, 1.807) is 37.3 Å². The molecule has 240 valence electrons. The summed E-state index contributed by atoms with van der Waals surface area (Å²) in [6.45, 7) is 4.38. The van der Waals surface area contributed by atoms with Crippen molar-refractivity contribution in [3.05, 3.63) is 136 Å². The molecule has 0 fully saturated rings. The van der Waals surface area contributed by atoms with Gasteiger partial charge in [-0.1, -0.05) is 66.6 Å². The number of nitrogens with zero attached hydrogens (tertiary/aromatic N) is 4. The number of nitro groups is 1. The zero-order valence-corrected chi connectivity index (χ0v) is 27.5. The first-order valence-corrected chi connectivity index (χ1v) is 16.3. The molecule has 1 aliphatic heterocycles. The third kappa shape index (κ3) is 6.11.